The number of amides is 2. The highest BCUT2D eigenvalue weighted by atomic mass is 16.5. The van der Waals surface area contributed by atoms with Crippen molar-refractivity contribution in [2.45, 2.75) is 19.0 Å². The van der Waals surface area contributed by atoms with Crippen molar-refractivity contribution in [1.82, 2.24) is 19.7 Å². The van der Waals surface area contributed by atoms with Gasteiger partial charge in [-0.15, -0.1) is 10.2 Å². The molecule has 3 aliphatic rings. The van der Waals surface area contributed by atoms with E-state index in [0.29, 0.717) is 5.95 Å². The lowest BCUT2D eigenvalue weighted by Crippen LogP contribution is -2.50. The first-order valence-electron chi connectivity index (χ1n) is 10.1. The van der Waals surface area contributed by atoms with Crippen molar-refractivity contribution >= 4 is 23.5 Å². The number of carbonyl (C=O) groups excluding carboxylic acids is 2. The summed E-state index contributed by atoms with van der Waals surface area (Å²) >= 11 is 0. The molecular weight excluding hydrogens is 396 g/mol. The standard InChI is InChI=1S/C22H20N6O3/c1-12-4-9-15-16(10-12)27-18(13-5-7-14(31-3)8-6-13)17-19(21(30)25(2)20(17)29)28(27)22-24-23-11-26(15)22/h4-11,17-19H,1-3H3/t17-,18-,19+/m1/s1. The van der Waals surface area contributed by atoms with E-state index < -0.39 is 12.0 Å². The topological polar surface area (TPSA) is 83.8 Å². The van der Waals surface area contributed by atoms with Crippen LogP contribution in [0.4, 0.5) is 11.6 Å². The smallest absolute Gasteiger partial charge is 0.254 e. The number of hydrogen-bond donors (Lipinski definition) is 0. The van der Waals surface area contributed by atoms with Crippen molar-refractivity contribution in [1.29, 1.82) is 0 Å². The van der Waals surface area contributed by atoms with Gasteiger partial charge in [0.05, 0.1) is 30.4 Å². The first-order valence-corrected chi connectivity index (χ1v) is 10.1. The number of nitrogens with zero attached hydrogens (tertiary/aromatic N) is 6. The molecule has 0 radical (unpaired) electrons. The Hall–Kier alpha value is -3.88. The average molecular weight is 416 g/mol. The van der Waals surface area contributed by atoms with E-state index in [-0.39, 0.29) is 17.9 Å². The van der Waals surface area contributed by atoms with Crippen LogP contribution in [0.25, 0.3) is 5.69 Å². The Balaban J connectivity index is 1.62. The molecule has 6 rings (SSSR count). The second kappa shape index (κ2) is 6.07. The highest BCUT2D eigenvalue weighted by Crippen LogP contribution is 2.53. The molecule has 2 fully saturated rings. The zero-order valence-corrected chi connectivity index (χ0v) is 17.3. The maximum absolute atomic E-state index is 13.3. The van der Waals surface area contributed by atoms with Crippen LogP contribution in [-0.4, -0.2) is 51.7 Å². The fourth-order valence-corrected chi connectivity index (χ4v) is 5.02. The molecule has 2 saturated heterocycles. The molecule has 0 saturated carbocycles. The molecule has 31 heavy (non-hydrogen) atoms. The Morgan fingerprint density at radius 3 is 2.45 bits per heavy atom. The number of aromatic nitrogens is 3. The van der Waals surface area contributed by atoms with E-state index >= 15 is 0 Å². The van der Waals surface area contributed by atoms with Gasteiger partial charge in [-0.05, 0) is 42.3 Å². The molecule has 2 amide bonds. The van der Waals surface area contributed by atoms with Crippen molar-refractivity contribution in [3.8, 4) is 11.4 Å². The number of ether oxygens (including phenoxy) is 1. The summed E-state index contributed by atoms with van der Waals surface area (Å²) in [7, 11) is 3.16. The minimum atomic E-state index is -0.679. The van der Waals surface area contributed by atoms with Crippen molar-refractivity contribution in [3.63, 3.8) is 0 Å². The monoisotopic (exact) mass is 416 g/mol. The lowest BCUT2D eigenvalue weighted by atomic mass is 9.90. The molecule has 156 valence electrons. The summed E-state index contributed by atoms with van der Waals surface area (Å²) < 4.78 is 7.18. The van der Waals surface area contributed by atoms with E-state index in [2.05, 4.69) is 16.3 Å². The van der Waals surface area contributed by atoms with Crippen LogP contribution in [0.15, 0.2) is 48.8 Å². The molecule has 1 aromatic heterocycles. The van der Waals surface area contributed by atoms with E-state index in [9.17, 15) is 9.59 Å². The van der Waals surface area contributed by atoms with Gasteiger partial charge in [-0.3, -0.25) is 24.1 Å². The molecule has 0 aliphatic carbocycles. The van der Waals surface area contributed by atoms with Crippen molar-refractivity contribution in [2.75, 3.05) is 24.2 Å². The summed E-state index contributed by atoms with van der Waals surface area (Å²) in [6, 6.07) is 12.7. The molecule has 3 atom stereocenters. The van der Waals surface area contributed by atoms with Gasteiger partial charge in [-0.1, -0.05) is 18.2 Å². The molecular formula is C22H20N6O3. The molecule has 0 unspecified atom stereocenters. The second-order valence-electron chi connectivity index (χ2n) is 8.11. The maximum atomic E-state index is 13.3. The number of likely N-dealkylation sites (N-methyl/N-ethyl adjacent to an activating group) is 1. The molecule has 4 heterocycles. The van der Waals surface area contributed by atoms with Crippen LogP contribution in [0, 0.1) is 12.8 Å². The maximum Gasteiger partial charge on any atom is 0.254 e. The number of benzene rings is 2. The van der Waals surface area contributed by atoms with Crippen LogP contribution in [0.5, 0.6) is 5.75 Å². The Labute approximate surface area is 178 Å². The van der Waals surface area contributed by atoms with Crippen molar-refractivity contribution in [2.24, 2.45) is 5.92 Å². The van der Waals surface area contributed by atoms with Crippen LogP contribution in [-0.2, 0) is 9.59 Å². The minimum Gasteiger partial charge on any atom is -0.497 e. The van der Waals surface area contributed by atoms with E-state index in [0.717, 1.165) is 28.3 Å². The summed E-state index contributed by atoms with van der Waals surface area (Å²) in [6.45, 7) is 2.02. The molecule has 9 heteroatoms. The first-order chi connectivity index (χ1) is 15.0. The number of hydrazine groups is 1. The number of rotatable bonds is 2. The summed E-state index contributed by atoms with van der Waals surface area (Å²) in [6.07, 6.45) is 1.64. The SMILES string of the molecule is COc1ccc([C@@H]2[C@H]3C(=O)N(C)C(=O)[C@H]3N3c4nncn4-c4ccc(C)cc4N23)cc1. The van der Waals surface area contributed by atoms with E-state index in [1.165, 1.54) is 4.90 Å². The number of imide groups is 1. The normalized spacial score (nSPS) is 23.6. The third-order valence-electron chi connectivity index (χ3n) is 6.47. The van der Waals surface area contributed by atoms with Gasteiger partial charge >= 0.3 is 0 Å². The fraction of sp³-hybridized carbons (Fsp3) is 0.273. The fourth-order valence-electron chi connectivity index (χ4n) is 5.02. The highest BCUT2D eigenvalue weighted by molar-refractivity contribution is 6.10. The zero-order chi connectivity index (χ0) is 21.4. The Bertz CT molecular complexity index is 1240. The summed E-state index contributed by atoms with van der Waals surface area (Å²) in [5.41, 5.74) is 3.82. The lowest BCUT2D eigenvalue weighted by Gasteiger charge is -2.41. The van der Waals surface area contributed by atoms with Gasteiger partial charge in [0.15, 0.2) is 0 Å². The van der Waals surface area contributed by atoms with Crippen molar-refractivity contribution in [3.05, 3.63) is 59.9 Å². The number of fused-ring (bicyclic) bond motifs is 8. The lowest BCUT2D eigenvalue weighted by molar-refractivity contribution is -0.138. The quantitative estimate of drug-likeness (QED) is 0.590. The number of carbonyl (C=O) groups is 2. The van der Waals surface area contributed by atoms with Gasteiger partial charge in [0.1, 0.15) is 18.1 Å². The number of anilines is 2. The van der Waals surface area contributed by atoms with Gasteiger partial charge < -0.3 is 4.74 Å². The highest BCUT2D eigenvalue weighted by Gasteiger charge is 2.63. The average Bonchev–Trinajstić information content (AvgIpc) is 3.45. The second-order valence-corrected chi connectivity index (χ2v) is 8.11. The van der Waals surface area contributed by atoms with E-state index in [1.54, 1.807) is 20.5 Å². The van der Waals surface area contributed by atoms with Gasteiger partial charge in [-0.2, -0.15) is 0 Å². The molecule has 9 nitrogen and oxygen atoms in total. The predicted molar refractivity (Wildman–Crippen MR) is 112 cm³/mol. The predicted octanol–water partition coefficient (Wildman–Crippen LogP) is 1.86. The third-order valence-corrected chi connectivity index (χ3v) is 6.47. The van der Waals surface area contributed by atoms with Crippen LogP contribution in [0.3, 0.4) is 0 Å². The zero-order valence-electron chi connectivity index (χ0n) is 17.3. The first kappa shape index (κ1) is 17.9. The molecule has 2 aromatic carbocycles. The number of hydrogen-bond acceptors (Lipinski definition) is 7. The van der Waals surface area contributed by atoms with Crippen LogP contribution >= 0.6 is 0 Å². The van der Waals surface area contributed by atoms with Crippen LogP contribution in [0.1, 0.15) is 17.2 Å². The van der Waals surface area contributed by atoms with Gasteiger partial charge in [0.2, 0.25) is 5.91 Å². The van der Waals surface area contributed by atoms with Gasteiger partial charge in [-0.25, -0.2) is 5.01 Å². The molecule has 0 N–H and O–H groups in total. The summed E-state index contributed by atoms with van der Waals surface area (Å²) in [4.78, 5) is 27.7. The minimum absolute atomic E-state index is 0.189. The molecule has 0 bridgehead atoms. The van der Waals surface area contributed by atoms with Crippen LogP contribution in [0.2, 0.25) is 0 Å². The largest absolute Gasteiger partial charge is 0.497 e. The Morgan fingerprint density at radius 2 is 1.71 bits per heavy atom. The number of methoxy groups -OCH3 is 1. The number of aryl methyl sites for hydroxylation is 1. The van der Waals surface area contributed by atoms with Crippen LogP contribution < -0.4 is 14.8 Å². The van der Waals surface area contributed by atoms with E-state index in [4.69, 9.17) is 4.74 Å². The Morgan fingerprint density at radius 1 is 0.935 bits per heavy atom. The molecule has 0 spiro atoms. The van der Waals surface area contributed by atoms with Gasteiger partial charge in [0, 0.05) is 7.05 Å². The summed E-state index contributed by atoms with van der Waals surface area (Å²) in [5.74, 6) is 0.268. The molecule has 3 aliphatic heterocycles. The summed E-state index contributed by atoms with van der Waals surface area (Å²) in [5, 5.41) is 12.3. The van der Waals surface area contributed by atoms with Gasteiger partial charge in [0.25, 0.3) is 11.9 Å². The number of likely N-dealkylation sites (tertiary alicyclic amines) is 1. The van der Waals surface area contributed by atoms with Crippen molar-refractivity contribution < 1.29 is 14.3 Å². The Kier molecular flexibility index (Phi) is 3.51. The van der Waals surface area contributed by atoms with E-state index in [1.807, 2.05) is 57.9 Å². The third kappa shape index (κ3) is 2.20. The molecule has 3 aromatic rings.